The number of thiophene rings is 1. The summed E-state index contributed by atoms with van der Waals surface area (Å²) in [5, 5.41) is 10.5. The molecule has 4 nitrogen and oxygen atoms in total. The normalized spacial score (nSPS) is 15.7. The lowest BCUT2D eigenvalue weighted by Crippen LogP contribution is -2.35. The fourth-order valence-electron chi connectivity index (χ4n) is 3.57. The maximum atomic E-state index is 4.76. The van der Waals surface area contributed by atoms with E-state index in [1.807, 2.05) is 6.92 Å². The number of nitrogens with zero attached hydrogens (tertiary/aromatic N) is 2. The van der Waals surface area contributed by atoms with Crippen molar-refractivity contribution in [3.05, 3.63) is 41.0 Å². The molecule has 4 rings (SSSR count). The zero-order valence-electron chi connectivity index (χ0n) is 15.7. The highest BCUT2D eigenvalue weighted by molar-refractivity contribution is 7.17. The second-order valence-electron chi connectivity index (χ2n) is 7.39. The highest BCUT2D eigenvalue weighted by atomic mass is 32.1. The average Bonchev–Trinajstić information content (AvgIpc) is 3.06. The number of aromatic nitrogens is 2. The first kappa shape index (κ1) is 17.4. The maximum absolute atomic E-state index is 4.76. The molecule has 2 aromatic heterocycles. The van der Waals surface area contributed by atoms with Crippen molar-refractivity contribution in [2.75, 3.05) is 18.4 Å². The van der Waals surface area contributed by atoms with E-state index in [-0.39, 0.29) is 0 Å². The van der Waals surface area contributed by atoms with Crippen LogP contribution in [0, 0.1) is 6.92 Å². The summed E-state index contributed by atoms with van der Waals surface area (Å²) in [7, 11) is 0. The second kappa shape index (κ2) is 7.33. The Kier molecular flexibility index (Phi) is 4.92. The van der Waals surface area contributed by atoms with Gasteiger partial charge >= 0.3 is 0 Å². The summed E-state index contributed by atoms with van der Waals surface area (Å²) in [6.45, 7) is 8.57. The zero-order chi connectivity index (χ0) is 18.1. The van der Waals surface area contributed by atoms with E-state index in [1.165, 1.54) is 16.7 Å². The zero-order valence-corrected chi connectivity index (χ0v) is 16.5. The smallest absolute Gasteiger partial charge is 0.139 e. The molecule has 0 unspecified atom stereocenters. The molecular weight excluding hydrogens is 340 g/mol. The summed E-state index contributed by atoms with van der Waals surface area (Å²) in [5.74, 6) is 2.37. The molecule has 3 heterocycles. The summed E-state index contributed by atoms with van der Waals surface area (Å²) < 4.78 is 0. The van der Waals surface area contributed by atoms with Gasteiger partial charge in [-0.2, -0.15) is 0 Å². The SMILES string of the molecule is Cc1nc(NC2CCNCC2)c2c(-c3ccc(C(C)C)cc3)csc2n1. The Morgan fingerprint density at radius 1 is 1.12 bits per heavy atom. The molecular formula is C21H26N4S. The van der Waals surface area contributed by atoms with E-state index < -0.39 is 0 Å². The van der Waals surface area contributed by atoms with Crippen molar-refractivity contribution in [2.45, 2.75) is 45.6 Å². The van der Waals surface area contributed by atoms with Gasteiger partial charge in [0.2, 0.25) is 0 Å². The largest absolute Gasteiger partial charge is 0.367 e. The van der Waals surface area contributed by atoms with Crippen LogP contribution in [0.1, 0.15) is 44.0 Å². The van der Waals surface area contributed by atoms with Crippen LogP contribution in [0.25, 0.3) is 21.3 Å². The Morgan fingerprint density at radius 2 is 1.85 bits per heavy atom. The van der Waals surface area contributed by atoms with Gasteiger partial charge in [-0.05, 0) is 49.9 Å². The molecule has 26 heavy (non-hydrogen) atoms. The Bertz CT molecular complexity index is 892. The Labute approximate surface area is 159 Å². The fraction of sp³-hybridized carbons (Fsp3) is 0.429. The van der Waals surface area contributed by atoms with Crippen LogP contribution in [0.15, 0.2) is 29.6 Å². The van der Waals surface area contributed by atoms with E-state index in [0.29, 0.717) is 12.0 Å². The van der Waals surface area contributed by atoms with Crippen molar-refractivity contribution in [2.24, 2.45) is 0 Å². The lowest BCUT2D eigenvalue weighted by Gasteiger charge is -2.24. The van der Waals surface area contributed by atoms with Crippen molar-refractivity contribution in [1.29, 1.82) is 0 Å². The van der Waals surface area contributed by atoms with Crippen molar-refractivity contribution < 1.29 is 0 Å². The van der Waals surface area contributed by atoms with Crippen LogP contribution < -0.4 is 10.6 Å². The number of hydrogen-bond acceptors (Lipinski definition) is 5. The monoisotopic (exact) mass is 366 g/mol. The molecule has 0 aliphatic carbocycles. The van der Waals surface area contributed by atoms with Crippen LogP contribution >= 0.6 is 11.3 Å². The lowest BCUT2D eigenvalue weighted by molar-refractivity contribution is 0.478. The molecule has 1 aliphatic rings. The van der Waals surface area contributed by atoms with E-state index in [2.05, 4.69) is 59.1 Å². The third kappa shape index (κ3) is 3.46. The molecule has 0 amide bonds. The molecule has 1 aromatic carbocycles. The summed E-state index contributed by atoms with van der Waals surface area (Å²) in [6.07, 6.45) is 2.26. The summed E-state index contributed by atoms with van der Waals surface area (Å²) in [4.78, 5) is 10.5. The van der Waals surface area contributed by atoms with Crippen LogP contribution in [0.2, 0.25) is 0 Å². The van der Waals surface area contributed by atoms with Gasteiger partial charge in [0.25, 0.3) is 0 Å². The van der Waals surface area contributed by atoms with Gasteiger partial charge in [-0.1, -0.05) is 38.1 Å². The van der Waals surface area contributed by atoms with Gasteiger partial charge in [-0.25, -0.2) is 9.97 Å². The quantitative estimate of drug-likeness (QED) is 0.686. The van der Waals surface area contributed by atoms with Gasteiger partial charge in [-0.3, -0.25) is 0 Å². The maximum Gasteiger partial charge on any atom is 0.139 e. The number of rotatable bonds is 4. The van der Waals surface area contributed by atoms with E-state index in [4.69, 9.17) is 4.98 Å². The first-order valence-corrected chi connectivity index (χ1v) is 10.3. The number of benzene rings is 1. The van der Waals surface area contributed by atoms with Crippen LogP contribution in [-0.2, 0) is 0 Å². The third-order valence-electron chi connectivity index (χ3n) is 5.11. The highest BCUT2D eigenvalue weighted by Crippen LogP contribution is 2.37. The number of aryl methyl sites for hydroxylation is 1. The molecule has 0 radical (unpaired) electrons. The number of anilines is 1. The number of nitrogens with one attached hydrogen (secondary N) is 2. The van der Waals surface area contributed by atoms with Crippen molar-refractivity contribution in [1.82, 2.24) is 15.3 Å². The minimum atomic E-state index is 0.477. The van der Waals surface area contributed by atoms with Crippen molar-refractivity contribution in [3.8, 4) is 11.1 Å². The second-order valence-corrected chi connectivity index (χ2v) is 8.25. The molecule has 0 saturated carbocycles. The molecule has 2 N–H and O–H groups in total. The van der Waals surface area contributed by atoms with Crippen molar-refractivity contribution in [3.63, 3.8) is 0 Å². The summed E-state index contributed by atoms with van der Waals surface area (Å²) in [5.41, 5.74) is 3.84. The van der Waals surface area contributed by atoms with E-state index in [9.17, 15) is 0 Å². The number of fused-ring (bicyclic) bond motifs is 1. The highest BCUT2D eigenvalue weighted by Gasteiger charge is 2.19. The van der Waals surface area contributed by atoms with Crippen LogP contribution in [0.4, 0.5) is 5.82 Å². The summed E-state index contributed by atoms with van der Waals surface area (Å²) in [6, 6.07) is 9.40. The molecule has 0 bridgehead atoms. The van der Waals surface area contributed by atoms with E-state index in [1.54, 1.807) is 11.3 Å². The van der Waals surface area contributed by atoms with Gasteiger partial charge < -0.3 is 10.6 Å². The molecule has 0 spiro atoms. The molecule has 136 valence electrons. The van der Waals surface area contributed by atoms with Gasteiger partial charge in [-0.15, -0.1) is 11.3 Å². The van der Waals surface area contributed by atoms with Crippen LogP contribution in [-0.4, -0.2) is 29.1 Å². The fourth-order valence-corrected chi connectivity index (χ4v) is 4.57. The number of hydrogen-bond donors (Lipinski definition) is 2. The molecule has 1 aliphatic heterocycles. The lowest BCUT2D eigenvalue weighted by atomic mass is 9.99. The first-order valence-electron chi connectivity index (χ1n) is 9.45. The molecule has 0 atom stereocenters. The average molecular weight is 367 g/mol. The van der Waals surface area contributed by atoms with Gasteiger partial charge in [0.05, 0.1) is 5.39 Å². The molecule has 1 fully saturated rings. The van der Waals surface area contributed by atoms with Gasteiger partial charge in [0, 0.05) is 17.0 Å². The first-order chi connectivity index (χ1) is 12.6. The standard InChI is InChI=1S/C21H26N4S/c1-13(2)15-4-6-16(7-5-15)18-12-26-21-19(18)20(23-14(3)24-21)25-17-8-10-22-11-9-17/h4-7,12-13,17,22H,8-11H2,1-3H3,(H,23,24,25). The minimum Gasteiger partial charge on any atom is -0.367 e. The Balaban J connectivity index is 1.75. The summed E-state index contributed by atoms with van der Waals surface area (Å²) >= 11 is 1.71. The predicted octanol–water partition coefficient (Wildman–Crippen LogP) is 4.95. The Hall–Kier alpha value is -1.98. The van der Waals surface area contributed by atoms with Crippen molar-refractivity contribution >= 4 is 27.4 Å². The number of piperidine rings is 1. The molecule has 1 saturated heterocycles. The molecule has 5 heteroatoms. The Morgan fingerprint density at radius 3 is 2.54 bits per heavy atom. The van der Waals surface area contributed by atoms with E-state index in [0.717, 1.165) is 47.8 Å². The third-order valence-corrected chi connectivity index (χ3v) is 5.99. The minimum absolute atomic E-state index is 0.477. The van der Waals surface area contributed by atoms with Crippen LogP contribution in [0.3, 0.4) is 0 Å². The predicted molar refractivity (Wildman–Crippen MR) is 111 cm³/mol. The topological polar surface area (TPSA) is 49.8 Å². The van der Waals surface area contributed by atoms with Crippen LogP contribution in [0.5, 0.6) is 0 Å². The van der Waals surface area contributed by atoms with Gasteiger partial charge in [0.1, 0.15) is 16.5 Å². The molecule has 3 aromatic rings. The van der Waals surface area contributed by atoms with Gasteiger partial charge in [0.15, 0.2) is 0 Å². The van der Waals surface area contributed by atoms with E-state index >= 15 is 0 Å².